The first-order valence-electron chi connectivity index (χ1n) is 10.2. The molecule has 1 saturated heterocycles. The summed E-state index contributed by atoms with van der Waals surface area (Å²) in [4.78, 5) is 27.4. The van der Waals surface area contributed by atoms with Gasteiger partial charge in [-0.1, -0.05) is 42.7 Å². The number of benzene rings is 1. The Morgan fingerprint density at radius 1 is 1.15 bits per heavy atom. The fraction of sp³-hybridized carbons (Fsp3) is 0.636. The molecule has 2 amide bonds. The van der Waals surface area contributed by atoms with Crippen LogP contribution >= 0.6 is 0 Å². The van der Waals surface area contributed by atoms with E-state index in [4.69, 9.17) is 4.74 Å². The molecule has 4 rings (SSSR count). The zero-order chi connectivity index (χ0) is 19.1. The highest BCUT2D eigenvalue weighted by atomic mass is 16.5. The molecule has 1 aliphatic heterocycles. The first-order chi connectivity index (χ1) is 13.0. The van der Waals surface area contributed by atoms with E-state index in [2.05, 4.69) is 5.32 Å². The molecule has 0 aromatic heterocycles. The van der Waals surface area contributed by atoms with Gasteiger partial charge in [-0.3, -0.25) is 9.59 Å². The maximum Gasteiger partial charge on any atom is 0.227 e. The third kappa shape index (κ3) is 3.38. The molecular formula is C22H30N2O3. The molecule has 27 heavy (non-hydrogen) atoms. The third-order valence-electron chi connectivity index (χ3n) is 6.81. The number of aryl methyl sites for hydroxylation is 1. The zero-order valence-corrected chi connectivity index (χ0v) is 16.4. The van der Waals surface area contributed by atoms with Crippen molar-refractivity contribution in [1.82, 2.24) is 10.2 Å². The molecule has 1 N–H and O–H groups in total. The van der Waals surface area contributed by atoms with Crippen LogP contribution in [0.5, 0.6) is 0 Å². The smallest absolute Gasteiger partial charge is 0.227 e. The van der Waals surface area contributed by atoms with Crippen LogP contribution in [0.15, 0.2) is 24.3 Å². The Morgan fingerprint density at radius 2 is 1.78 bits per heavy atom. The van der Waals surface area contributed by atoms with Gasteiger partial charge in [0.25, 0.3) is 0 Å². The minimum atomic E-state index is -0.412. The number of nitrogens with zero attached hydrogens (tertiary/aromatic N) is 1. The molecule has 3 fully saturated rings. The Kier molecular flexibility index (Phi) is 4.75. The van der Waals surface area contributed by atoms with Crippen LogP contribution in [0.25, 0.3) is 0 Å². The zero-order valence-electron chi connectivity index (χ0n) is 16.4. The third-order valence-corrected chi connectivity index (χ3v) is 6.81. The van der Waals surface area contributed by atoms with E-state index in [0.29, 0.717) is 19.5 Å². The number of nitrogens with one attached hydrogen (secondary N) is 1. The van der Waals surface area contributed by atoms with Gasteiger partial charge in [0.05, 0.1) is 12.0 Å². The predicted molar refractivity (Wildman–Crippen MR) is 103 cm³/mol. The van der Waals surface area contributed by atoms with Gasteiger partial charge in [0.2, 0.25) is 11.8 Å². The van der Waals surface area contributed by atoms with Gasteiger partial charge in [0.1, 0.15) is 5.54 Å². The highest BCUT2D eigenvalue weighted by Crippen LogP contribution is 2.52. The molecule has 5 nitrogen and oxygen atoms in total. The van der Waals surface area contributed by atoms with Gasteiger partial charge >= 0.3 is 0 Å². The highest BCUT2D eigenvalue weighted by molar-refractivity contribution is 5.83. The van der Waals surface area contributed by atoms with Crippen molar-refractivity contribution in [3.8, 4) is 0 Å². The number of hydrogen-bond acceptors (Lipinski definition) is 3. The van der Waals surface area contributed by atoms with Gasteiger partial charge in [-0.25, -0.2) is 0 Å². The van der Waals surface area contributed by atoms with Crippen molar-refractivity contribution in [2.75, 3.05) is 20.2 Å². The van der Waals surface area contributed by atoms with Crippen LogP contribution in [-0.4, -0.2) is 48.1 Å². The Hall–Kier alpha value is -1.88. The molecule has 1 aromatic rings. The van der Waals surface area contributed by atoms with E-state index in [1.165, 1.54) is 5.56 Å². The Morgan fingerprint density at radius 3 is 2.33 bits per heavy atom. The lowest BCUT2D eigenvalue weighted by Crippen LogP contribution is -2.78. The van der Waals surface area contributed by atoms with E-state index in [1.807, 2.05) is 36.1 Å². The molecule has 3 aliphatic rings. The van der Waals surface area contributed by atoms with E-state index in [1.54, 1.807) is 7.11 Å². The minimum absolute atomic E-state index is 0.122. The van der Waals surface area contributed by atoms with Gasteiger partial charge in [-0.2, -0.15) is 0 Å². The molecule has 2 saturated carbocycles. The number of likely N-dealkylation sites (tertiary alicyclic amines) is 1. The molecule has 0 unspecified atom stereocenters. The van der Waals surface area contributed by atoms with Crippen molar-refractivity contribution in [1.29, 1.82) is 0 Å². The highest BCUT2D eigenvalue weighted by Gasteiger charge is 2.66. The average molecular weight is 370 g/mol. The fourth-order valence-electron chi connectivity index (χ4n) is 4.77. The van der Waals surface area contributed by atoms with E-state index >= 15 is 0 Å². The molecule has 1 aromatic carbocycles. The molecule has 5 heteroatoms. The number of hydrogen-bond donors (Lipinski definition) is 1. The van der Waals surface area contributed by atoms with Crippen LogP contribution in [-0.2, 0) is 20.7 Å². The SMILES string of the molecule is COC1(C2(NC(=O)C3CCCC3)CN(C(=O)Cc3ccc(C)cc3)C2)CC1. The fourth-order valence-corrected chi connectivity index (χ4v) is 4.77. The summed E-state index contributed by atoms with van der Waals surface area (Å²) in [6.45, 7) is 3.16. The number of carbonyl (C=O) groups is 2. The minimum Gasteiger partial charge on any atom is -0.376 e. The number of ether oxygens (including phenoxy) is 1. The summed E-state index contributed by atoms with van der Waals surface area (Å²) < 4.78 is 5.83. The standard InChI is InChI=1S/C22H30N2O3/c1-16-7-9-17(10-8-16)13-19(25)24-14-21(15-24,22(27-2)11-12-22)23-20(26)18-5-3-4-6-18/h7-10,18H,3-6,11-15H2,1-2H3,(H,23,26). The first-order valence-corrected chi connectivity index (χ1v) is 10.2. The predicted octanol–water partition coefficient (Wildman–Crippen LogP) is 2.60. The van der Waals surface area contributed by atoms with Crippen molar-refractivity contribution in [2.45, 2.75) is 63.0 Å². The lowest BCUT2D eigenvalue weighted by molar-refractivity contribution is -0.154. The maximum atomic E-state index is 12.8. The van der Waals surface area contributed by atoms with Gasteiger partial charge in [-0.15, -0.1) is 0 Å². The Labute approximate surface area is 161 Å². The number of rotatable bonds is 6. The molecule has 0 atom stereocenters. The molecule has 0 spiro atoms. The summed E-state index contributed by atoms with van der Waals surface area (Å²) >= 11 is 0. The van der Waals surface area contributed by atoms with Gasteiger partial charge in [0.15, 0.2) is 0 Å². The van der Waals surface area contributed by atoms with Crippen molar-refractivity contribution < 1.29 is 14.3 Å². The van der Waals surface area contributed by atoms with Crippen LogP contribution in [0, 0.1) is 12.8 Å². The van der Waals surface area contributed by atoms with E-state index < -0.39 is 5.54 Å². The quantitative estimate of drug-likeness (QED) is 0.837. The summed E-state index contributed by atoms with van der Waals surface area (Å²) in [6, 6.07) is 8.10. The van der Waals surface area contributed by atoms with Crippen molar-refractivity contribution in [3.05, 3.63) is 35.4 Å². The molecule has 0 bridgehead atoms. The summed E-state index contributed by atoms with van der Waals surface area (Å²) in [5, 5.41) is 3.32. The van der Waals surface area contributed by atoms with E-state index in [0.717, 1.165) is 44.1 Å². The van der Waals surface area contributed by atoms with E-state index in [9.17, 15) is 9.59 Å². The van der Waals surface area contributed by atoms with Crippen molar-refractivity contribution >= 4 is 11.8 Å². The lowest BCUT2D eigenvalue weighted by Gasteiger charge is -2.54. The number of carbonyl (C=O) groups excluding carboxylic acids is 2. The Balaban J connectivity index is 1.41. The largest absolute Gasteiger partial charge is 0.376 e. The summed E-state index contributed by atoms with van der Waals surface area (Å²) in [5.41, 5.74) is 1.53. The van der Waals surface area contributed by atoms with Gasteiger partial charge in [0, 0.05) is 26.1 Å². The van der Waals surface area contributed by atoms with Gasteiger partial charge < -0.3 is 15.0 Å². The molecule has 0 radical (unpaired) electrons. The monoisotopic (exact) mass is 370 g/mol. The van der Waals surface area contributed by atoms with Crippen molar-refractivity contribution in [3.63, 3.8) is 0 Å². The first kappa shape index (κ1) is 18.5. The lowest BCUT2D eigenvalue weighted by atomic mass is 9.80. The molecular weight excluding hydrogens is 340 g/mol. The normalized spacial score (nSPS) is 23.0. The van der Waals surface area contributed by atoms with Crippen LogP contribution in [0.1, 0.15) is 49.7 Å². The average Bonchev–Trinajstić information content (AvgIpc) is 3.23. The van der Waals surface area contributed by atoms with Crippen LogP contribution in [0.3, 0.4) is 0 Å². The van der Waals surface area contributed by atoms with Crippen LogP contribution < -0.4 is 5.32 Å². The maximum absolute atomic E-state index is 12.8. The van der Waals surface area contributed by atoms with Crippen LogP contribution in [0.2, 0.25) is 0 Å². The molecule has 146 valence electrons. The summed E-state index contributed by atoms with van der Waals surface area (Å²) in [6.07, 6.45) is 6.56. The second-order valence-electron chi connectivity index (χ2n) is 8.66. The summed E-state index contributed by atoms with van der Waals surface area (Å²) in [5.74, 6) is 0.407. The van der Waals surface area contributed by atoms with E-state index in [-0.39, 0.29) is 23.3 Å². The summed E-state index contributed by atoms with van der Waals surface area (Å²) in [7, 11) is 1.73. The van der Waals surface area contributed by atoms with Gasteiger partial charge in [-0.05, 0) is 38.2 Å². The van der Waals surface area contributed by atoms with Crippen molar-refractivity contribution in [2.24, 2.45) is 5.92 Å². The topological polar surface area (TPSA) is 58.6 Å². The number of methoxy groups -OCH3 is 1. The number of amides is 2. The molecule has 2 aliphatic carbocycles. The molecule has 1 heterocycles. The van der Waals surface area contributed by atoms with Crippen LogP contribution in [0.4, 0.5) is 0 Å². The second-order valence-corrected chi connectivity index (χ2v) is 8.66. The Bertz CT molecular complexity index is 712. The second kappa shape index (κ2) is 6.93.